The second-order valence-corrected chi connectivity index (χ2v) is 7.97. The second kappa shape index (κ2) is 9.25. The lowest BCUT2D eigenvalue weighted by Crippen LogP contribution is -2.33. The van der Waals surface area contributed by atoms with Gasteiger partial charge in [-0.3, -0.25) is 19.7 Å². The van der Waals surface area contributed by atoms with Crippen molar-refractivity contribution in [1.29, 1.82) is 0 Å². The standard InChI is InChI=1S/C24H27N5O2/c1-3-17-12-20-21(28-22(17)15-30)11-16(13-27-20)14-29-9-6-18(7-10-29)19-5-4-8-26-23(19)24(31)25-2/h4-5,8,11-13,18,28H,3,6-7,9-10,14H2,1-2H3,(H,25,31). The molecule has 7 nitrogen and oxygen atoms in total. The van der Waals surface area contributed by atoms with Crippen LogP contribution in [0.25, 0.3) is 6.08 Å². The number of carbonyl (C=O) groups is 1. The molecule has 7 heteroatoms. The van der Waals surface area contributed by atoms with Gasteiger partial charge in [-0.25, -0.2) is 4.79 Å². The van der Waals surface area contributed by atoms with E-state index in [0.29, 0.717) is 17.3 Å². The number of hydrogen-bond acceptors (Lipinski definition) is 6. The third kappa shape index (κ3) is 4.43. The third-order valence-corrected chi connectivity index (χ3v) is 6.06. The van der Waals surface area contributed by atoms with Crippen LogP contribution >= 0.6 is 0 Å². The summed E-state index contributed by atoms with van der Waals surface area (Å²) >= 11 is 0. The van der Waals surface area contributed by atoms with Gasteiger partial charge in [0.15, 0.2) is 5.94 Å². The molecule has 0 bridgehead atoms. The minimum absolute atomic E-state index is 0.130. The highest BCUT2D eigenvalue weighted by atomic mass is 16.1. The summed E-state index contributed by atoms with van der Waals surface area (Å²) < 4.78 is 0. The number of hydrogen-bond donors (Lipinski definition) is 2. The van der Waals surface area contributed by atoms with Crippen LogP contribution in [0.4, 0.5) is 5.69 Å². The number of fused-ring (bicyclic) bond motifs is 1. The van der Waals surface area contributed by atoms with E-state index in [-0.39, 0.29) is 5.91 Å². The first kappa shape index (κ1) is 21.0. The lowest BCUT2D eigenvalue weighted by atomic mass is 9.88. The number of rotatable bonds is 5. The fourth-order valence-electron chi connectivity index (χ4n) is 4.36. The second-order valence-electron chi connectivity index (χ2n) is 7.97. The van der Waals surface area contributed by atoms with Crippen LogP contribution in [-0.2, 0) is 11.3 Å². The van der Waals surface area contributed by atoms with Crippen molar-refractivity contribution in [3.8, 4) is 0 Å². The van der Waals surface area contributed by atoms with E-state index in [1.807, 2.05) is 37.3 Å². The predicted octanol–water partition coefficient (Wildman–Crippen LogP) is 3.15. The van der Waals surface area contributed by atoms with E-state index < -0.39 is 0 Å². The van der Waals surface area contributed by atoms with Crippen LogP contribution in [-0.4, -0.2) is 46.9 Å². The summed E-state index contributed by atoms with van der Waals surface area (Å²) in [4.78, 5) is 34.7. The van der Waals surface area contributed by atoms with Gasteiger partial charge in [0.25, 0.3) is 5.91 Å². The lowest BCUT2D eigenvalue weighted by molar-refractivity contribution is 0.0955. The van der Waals surface area contributed by atoms with Crippen LogP contribution in [0.1, 0.15) is 59.4 Å². The first-order valence-electron chi connectivity index (χ1n) is 10.7. The molecule has 2 N–H and O–H groups in total. The van der Waals surface area contributed by atoms with E-state index in [2.05, 4.69) is 31.6 Å². The molecule has 0 atom stereocenters. The van der Waals surface area contributed by atoms with Gasteiger partial charge in [-0.15, -0.1) is 0 Å². The highest BCUT2D eigenvalue weighted by Gasteiger charge is 2.25. The largest absolute Gasteiger partial charge is 0.354 e. The Morgan fingerprint density at radius 1 is 1.32 bits per heavy atom. The molecule has 4 heterocycles. The third-order valence-electron chi connectivity index (χ3n) is 6.06. The predicted molar refractivity (Wildman–Crippen MR) is 120 cm³/mol. The van der Waals surface area contributed by atoms with E-state index in [1.54, 1.807) is 13.2 Å². The number of nitrogens with zero attached hydrogens (tertiary/aromatic N) is 3. The molecule has 1 amide bonds. The van der Waals surface area contributed by atoms with Gasteiger partial charge in [-0.2, -0.15) is 0 Å². The molecule has 2 aromatic heterocycles. The number of allylic oxidation sites excluding steroid dienone is 1. The Labute approximate surface area is 182 Å². The minimum atomic E-state index is -0.130. The van der Waals surface area contributed by atoms with Crippen LogP contribution in [0.5, 0.6) is 0 Å². The number of aromatic nitrogens is 2. The van der Waals surface area contributed by atoms with Gasteiger partial charge in [0.1, 0.15) is 11.4 Å². The molecule has 160 valence electrons. The molecule has 0 saturated carbocycles. The summed E-state index contributed by atoms with van der Waals surface area (Å²) in [5.74, 6) is 2.20. The van der Waals surface area contributed by atoms with E-state index in [4.69, 9.17) is 0 Å². The molecule has 0 aromatic carbocycles. The Morgan fingerprint density at radius 3 is 2.84 bits per heavy atom. The first-order chi connectivity index (χ1) is 15.1. The van der Waals surface area contributed by atoms with Crippen molar-refractivity contribution in [2.45, 2.75) is 38.6 Å². The molecule has 2 aromatic rings. The van der Waals surface area contributed by atoms with Gasteiger partial charge in [-0.1, -0.05) is 13.0 Å². The van der Waals surface area contributed by atoms with Crippen molar-refractivity contribution < 1.29 is 9.59 Å². The monoisotopic (exact) mass is 417 g/mol. The van der Waals surface area contributed by atoms with Gasteiger partial charge >= 0.3 is 0 Å². The van der Waals surface area contributed by atoms with Crippen molar-refractivity contribution in [3.63, 3.8) is 0 Å². The number of amides is 1. The van der Waals surface area contributed by atoms with Crippen LogP contribution in [0.15, 0.2) is 41.9 Å². The minimum Gasteiger partial charge on any atom is -0.354 e. The fraction of sp³-hybridized carbons (Fsp3) is 0.375. The van der Waals surface area contributed by atoms with Crippen LogP contribution in [0.2, 0.25) is 0 Å². The average molecular weight is 418 g/mol. The van der Waals surface area contributed by atoms with Crippen LogP contribution in [0, 0.1) is 0 Å². The quantitative estimate of drug-likeness (QED) is 0.727. The first-order valence-corrected chi connectivity index (χ1v) is 10.7. The van der Waals surface area contributed by atoms with Crippen molar-refractivity contribution in [2.75, 3.05) is 25.5 Å². The average Bonchev–Trinajstić information content (AvgIpc) is 2.83. The molecule has 2 aliphatic heterocycles. The molecule has 31 heavy (non-hydrogen) atoms. The summed E-state index contributed by atoms with van der Waals surface area (Å²) in [7, 11) is 1.64. The maximum atomic E-state index is 12.2. The van der Waals surface area contributed by atoms with E-state index in [1.165, 1.54) is 0 Å². The molecule has 1 fully saturated rings. The van der Waals surface area contributed by atoms with E-state index >= 15 is 0 Å². The highest BCUT2D eigenvalue weighted by molar-refractivity contribution is 5.93. The molecular weight excluding hydrogens is 390 g/mol. The zero-order valence-electron chi connectivity index (χ0n) is 17.9. The van der Waals surface area contributed by atoms with Gasteiger partial charge in [0.05, 0.1) is 11.4 Å². The number of carbonyl (C=O) groups excluding carboxylic acids is 2. The van der Waals surface area contributed by atoms with E-state index in [0.717, 1.165) is 67.0 Å². The SMILES string of the molecule is CCC1=Cc2ncc(CN3CCC(c4cccnc4C(=O)NC)CC3)cc2NC1=C=O. The number of piperidine rings is 1. The summed E-state index contributed by atoms with van der Waals surface area (Å²) in [5.41, 5.74) is 5.81. The normalized spacial score (nSPS) is 16.7. The molecule has 1 saturated heterocycles. The van der Waals surface area contributed by atoms with Crippen molar-refractivity contribution in [2.24, 2.45) is 0 Å². The summed E-state index contributed by atoms with van der Waals surface area (Å²) in [6.07, 6.45) is 8.26. The molecule has 0 radical (unpaired) electrons. The Bertz CT molecular complexity index is 1060. The number of pyridine rings is 2. The topological polar surface area (TPSA) is 87.2 Å². The fourth-order valence-corrected chi connectivity index (χ4v) is 4.36. The maximum absolute atomic E-state index is 12.2. The number of likely N-dealkylation sites (tertiary alicyclic amines) is 1. The van der Waals surface area contributed by atoms with Gasteiger partial charge in [0, 0.05) is 26.0 Å². The van der Waals surface area contributed by atoms with Crippen molar-refractivity contribution in [1.82, 2.24) is 20.2 Å². The van der Waals surface area contributed by atoms with Crippen LogP contribution in [0.3, 0.4) is 0 Å². The zero-order chi connectivity index (χ0) is 21.8. The van der Waals surface area contributed by atoms with Crippen molar-refractivity contribution in [3.05, 3.63) is 64.4 Å². The summed E-state index contributed by atoms with van der Waals surface area (Å²) in [6, 6.07) is 5.99. The maximum Gasteiger partial charge on any atom is 0.269 e. The molecule has 0 aliphatic carbocycles. The zero-order valence-corrected chi connectivity index (χ0v) is 17.9. The molecule has 4 rings (SSSR count). The van der Waals surface area contributed by atoms with Gasteiger partial charge in [-0.05, 0) is 73.2 Å². The number of nitrogens with one attached hydrogen (secondary N) is 2. The Balaban J connectivity index is 1.42. The van der Waals surface area contributed by atoms with Gasteiger partial charge < -0.3 is 10.6 Å². The smallest absolute Gasteiger partial charge is 0.269 e. The lowest BCUT2D eigenvalue weighted by Gasteiger charge is -2.32. The molecule has 0 spiro atoms. The highest BCUT2D eigenvalue weighted by Crippen LogP contribution is 2.32. The Kier molecular flexibility index (Phi) is 6.26. The Hall–Kier alpha value is -3.28. The number of anilines is 1. The van der Waals surface area contributed by atoms with Crippen LogP contribution < -0.4 is 10.6 Å². The molecule has 0 unspecified atom stereocenters. The Morgan fingerprint density at radius 2 is 2.13 bits per heavy atom. The van der Waals surface area contributed by atoms with E-state index in [9.17, 15) is 9.59 Å². The van der Waals surface area contributed by atoms with Crippen molar-refractivity contribution >= 4 is 23.6 Å². The molecule has 2 aliphatic rings. The molecular formula is C24H27N5O2. The van der Waals surface area contributed by atoms with Gasteiger partial charge in [0.2, 0.25) is 0 Å². The summed E-state index contributed by atoms with van der Waals surface area (Å²) in [5, 5.41) is 5.86. The summed E-state index contributed by atoms with van der Waals surface area (Å²) in [6.45, 7) is 4.69.